The van der Waals surface area contributed by atoms with Gasteiger partial charge in [0.05, 0.1) is 10.9 Å². The highest BCUT2D eigenvalue weighted by Crippen LogP contribution is 2.19. The molecule has 140 valence electrons. The molecule has 26 heavy (non-hydrogen) atoms. The van der Waals surface area contributed by atoms with E-state index in [1.807, 2.05) is 19.1 Å². The molecule has 0 spiro atoms. The van der Waals surface area contributed by atoms with Crippen LogP contribution in [-0.4, -0.2) is 27.0 Å². The van der Waals surface area contributed by atoms with Gasteiger partial charge in [0.25, 0.3) is 5.56 Å². The van der Waals surface area contributed by atoms with Crippen LogP contribution in [0.4, 0.5) is 0 Å². The summed E-state index contributed by atoms with van der Waals surface area (Å²) < 4.78 is 6.54. The Balaban J connectivity index is 2.42. The minimum Gasteiger partial charge on any atom is -0.460 e. The van der Waals surface area contributed by atoms with E-state index in [4.69, 9.17) is 10.5 Å². The van der Waals surface area contributed by atoms with Gasteiger partial charge >= 0.3 is 5.97 Å². The summed E-state index contributed by atoms with van der Waals surface area (Å²) in [4.78, 5) is 41.4. The molecule has 1 unspecified atom stereocenters. The average molecular weight is 359 g/mol. The second-order valence-electron chi connectivity index (χ2n) is 7.35. The van der Waals surface area contributed by atoms with Gasteiger partial charge in [-0.1, -0.05) is 12.1 Å². The van der Waals surface area contributed by atoms with Crippen molar-refractivity contribution in [3.05, 3.63) is 39.9 Å². The molecule has 0 bridgehead atoms. The maximum absolute atomic E-state index is 13.0. The SMILES string of the molecule is Cc1cccc2nc(C)n(C(CCC(=O)OC(C)(C)C)C(N)=O)c(=O)c12. The number of aromatic nitrogens is 2. The number of ether oxygens (including phenoxy) is 1. The fourth-order valence-corrected chi connectivity index (χ4v) is 2.93. The molecule has 1 amide bonds. The van der Waals surface area contributed by atoms with E-state index in [1.54, 1.807) is 33.8 Å². The lowest BCUT2D eigenvalue weighted by molar-refractivity contribution is -0.155. The second-order valence-corrected chi connectivity index (χ2v) is 7.35. The van der Waals surface area contributed by atoms with Crippen molar-refractivity contribution >= 4 is 22.8 Å². The van der Waals surface area contributed by atoms with E-state index in [9.17, 15) is 14.4 Å². The first-order chi connectivity index (χ1) is 12.0. The zero-order chi connectivity index (χ0) is 19.6. The number of nitrogens with zero attached hydrogens (tertiary/aromatic N) is 2. The summed E-state index contributed by atoms with van der Waals surface area (Å²) in [6.45, 7) is 8.75. The van der Waals surface area contributed by atoms with Crippen molar-refractivity contribution in [2.45, 2.75) is 59.1 Å². The number of aryl methyl sites for hydroxylation is 2. The lowest BCUT2D eigenvalue weighted by Gasteiger charge is -2.22. The average Bonchev–Trinajstić information content (AvgIpc) is 2.47. The summed E-state index contributed by atoms with van der Waals surface area (Å²) in [5, 5.41) is 0.446. The number of rotatable bonds is 5. The summed E-state index contributed by atoms with van der Waals surface area (Å²) >= 11 is 0. The number of fused-ring (bicyclic) bond motifs is 1. The highest BCUT2D eigenvalue weighted by atomic mass is 16.6. The Kier molecular flexibility index (Phi) is 5.49. The number of nitrogens with two attached hydrogens (primary N) is 1. The first-order valence-corrected chi connectivity index (χ1v) is 8.51. The first-order valence-electron chi connectivity index (χ1n) is 8.51. The van der Waals surface area contributed by atoms with Crippen molar-refractivity contribution in [1.82, 2.24) is 9.55 Å². The molecule has 0 aliphatic heterocycles. The van der Waals surface area contributed by atoms with Gasteiger partial charge in [0.2, 0.25) is 5.91 Å². The Morgan fingerprint density at radius 1 is 1.27 bits per heavy atom. The van der Waals surface area contributed by atoms with Crippen LogP contribution in [0, 0.1) is 13.8 Å². The van der Waals surface area contributed by atoms with E-state index in [0.29, 0.717) is 16.7 Å². The van der Waals surface area contributed by atoms with Crippen molar-refractivity contribution < 1.29 is 14.3 Å². The third kappa shape index (κ3) is 4.28. The van der Waals surface area contributed by atoms with Gasteiger partial charge in [-0.3, -0.25) is 19.0 Å². The Morgan fingerprint density at radius 2 is 1.92 bits per heavy atom. The van der Waals surface area contributed by atoms with Crippen LogP contribution >= 0.6 is 0 Å². The Labute approximate surface area is 152 Å². The smallest absolute Gasteiger partial charge is 0.306 e. The van der Waals surface area contributed by atoms with E-state index in [2.05, 4.69) is 4.98 Å². The third-order valence-corrected chi connectivity index (χ3v) is 4.00. The van der Waals surface area contributed by atoms with Gasteiger partial charge in [0.1, 0.15) is 17.5 Å². The second kappa shape index (κ2) is 7.27. The Morgan fingerprint density at radius 3 is 2.50 bits per heavy atom. The monoisotopic (exact) mass is 359 g/mol. The largest absolute Gasteiger partial charge is 0.460 e. The number of primary amides is 1. The molecule has 0 aliphatic carbocycles. The predicted molar refractivity (Wildman–Crippen MR) is 98.8 cm³/mol. The van der Waals surface area contributed by atoms with E-state index < -0.39 is 23.5 Å². The number of hydrogen-bond donors (Lipinski definition) is 1. The van der Waals surface area contributed by atoms with Gasteiger partial charge in [0.15, 0.2) is 0 Å². The van der Waals surface area contributed by atoms with Gasteiger partial charge in [-0.25, -0.2) is 4.98 Å². The fourth-order valence-electron chi connectivity index (χ4n) is 2.93. The molecule has 2 aromatic rings. The standard InChI is InChI=1S/C19H25N3O4/c1-11-7-6-8-13-16(11)18(25)22(12(2)21-13)14(17(20)24)9-10-15(23)26-19(3,4)5/h6-8,14H,9-10H2,1-5H3,(H2,20,24). The molecule has 2 rings (SSSR count). The third-order valence-electron chi connectivity index (χ3n) is 4.00. The minimum absolute atomic E-state index is 0.0252. The van der Waals surface area contributed by atoms with E-state index in [-0.39, 0.29) is 18.4 Å². The Hall–Kier alpha value is -2.70. The summed E-state index contributed by atoms with van der Waals surface area (Å²) in [5.41, 5.74) is 5.91. The maximum Gasteiger partial charge on any atom is 0.306 e. The number of amides is 1. The number of hydrogen-bond acceptors (Lipinski definition) is 5. The van der Waals surface area contributed by atoms with Crippen molar-refractivity contribution in [1.29, 1.82) is 0 Å². The summed E-state index contributed by atoms with van der Waals surface area (Å²) in [7, 11) is 0. The number of carbonyl (C=O) groups is 2. The summed E-state index contributed by atoms with van der Waals surface area (Å²) in [6, 6.07) is 4.42. The van der Waals surface area contributed by atoms with Crippen LogP contribution in [0.3, 0.4) is 0 Å². The van der Waals surface area contributed by atoms with Gasteiger partial charge in [0, 0.05) is 6.42 Å². The van der Waals surface area contributed by atoms with Crippen LogP contribution in [-0.2, 0) is 14.3 Å². The topological polar surface area (TPSA) is 104 Å². The number of esters is 1. The summed E-state index contributed by atoms with van der Waals surface area (Å²) in [6.07, 6.45) is 0.0482. The van der Waals surface area contributed by atoms with Gasteiger partial charge in [-0.15, -0.1) is 0 Å². The zero-order valence-electron chi connectivity index (χ0n) is 15.8. The molecule has 1 aromatic heterocycles. The lowest BCUT2D eigenvalue weighted by Crippen LogP contribution is -2.36. The van der Waals surface area contributed by atoms with Crippen molar-refractivity contribution in [3.63, 3.8) is 0 Å². The van der Waals surface area contributed by atoms with Gasteiger partial charge < -0.3 is 10.5 Å². The van der Waals surface area contributed by atoms with Crippen LogP contribution in [0.5, 0.6) is 0 Å². The molecule has 2 N–H and O–H groups in total. The minimum atomic E-state index is -0.966. The molecule has 1 aromatic carbocycles. The highest BCUT2D eigenvalue weighted by molar-refractivity contribution is 5.83. The molecule has 1 atom stereocenters. The van der Waals surface area contributed by atoms with Crippen molar-refractivity contribution in [3.8, 4) is 0 Å². The lowest BCUT2D eigenvalue weighted by atomic mass is 10.1. The quantitative estimate of drug-likeness (QED) is 0.824. The molecule has 0 fully saturated rings. The van der Waals surface area contributed by atoms with Gasteiger partial charge in [-0.2, -0.15) is 0 Å². The Bertz CT molecular complexity index is 909. The van der Waals surface area contributed by atoms with Crippen LogP contribution in [0.2, 0.25) is 0 Å². The number of benzene rings is 1. The van der Waals surface area contributed by atoms with Gasteiger partial charge in [-0.05, 0) is 52.7 Å². The molecule has 0 aliphatic rings. The molecular formula is C19H25N3O4. The molecule has 0 saturated carbocycles. The van der Waals surface area contributed by atoms with Crippen LogP contribution < -0.4 is 11.3 Å². The normalized spacial score (nSPS) is 12.8. The maximum atomic E-state index is 13.0. The first kappa shape index (κ1) is 19.6. The predicted octanol–water partition coefficient (Wildman–Crippen LogP) is 2.16. The van der Waals surface area contributed by atoms with Crippen LogP contribution in [0.1, 0.15) is 51.0 Å². The van der Waals surface area contributed by atoms with E-state index in [1.165, 1.54) is 4.57 Å². The molecular weight excluding hydrogens is 334 g/mol. The van der Waals surface area contributed by atoms with Crippen molar-refractivity contribution in [2.24, 2.45) is 5.73 Å². The van der Waals surface area contributed by atoms with Crippen LogP contribution in [0.25, 0.3) is 10.9 Å². The molecule has 7 nitrogen and oxygen atoms in total. The molecule has 0 saturated heterocycles. The van der Waals surface area contributed by atoms with E-state index >= 15 is 0 Å². The fraction of sp³-hybridized carbons (Fsp3) is 0.474. The van der Waals surface area contributed by atoms with Crippen LogP contribution in [0.15, 0.2) is 23.0 Å². The summed E-state index contributed by atoms with van der Waals surface area (Å²) in [5.74, 6) is -0.756. The van der Waals surface area contributed by atoms with Crippen molar-refractivity contribution in [2.75, 3.05) is 0 Å². The zero-order valence-corrected chi connectivity index (χ0v) is 15.8. The highest BCUT2D eigenvalue weighted by Gasteiger charge is 2.25. The van der Waals surface area contributed by atoms with E-state index in [0.717, 1.165) is 5.56 Å². The molecule has 7 heteroatoms. The molecule has 1 heterocycles. The number of carbonyl (C=O) groups excluding carboxylic acids is 2. The molecule has 0 radical (unpaired) electrons.